The summed E-state index contributed by atoms with van der Waals surface area (Å²) in [7, 11) is 0. The Labute approximate surface area is 78.5 Å². The molecule has 0 saturated carbocycles. The summed E-state index contributed by atoms with van der Waals surface area (Å²) in [6.45, 7) is 9.87. The molecule has 1 aromatic rings. The van der Waals surface area contributed by atoms with Gasteiger partial charge in [-0.2, -0.15) is 0 Å². The molecule has 0 radical (unpaired) electrons. The van der Waals surface area contributed by atoms with Crippen molar-refractivity contribution in [2.45, 2.75) is 27.2 Å². The molecule has 2 nitrogen and oxygen atoms in total. The Bertz CT molecular complexity index is 424. The molecule has 2 heteroatoms. The van der Waals surface area contributed by atoms with Gasteiger partial charge in [-0.3, -0.25) is 0 Å². The number of rotatable bonds is 2. The van der Waals surface area contributed by atoms with Gasteiger partial charge in [-0.05, 0) is 37.5 Å². The van der Waals surface area contributed by atoms with Crippen LogP contribution in [-0.2, 0) is 6.42 Å². The van der Waals surface area contributed by atoms with Crippen LogP contribution in [0.5, 0.6) is 0 Å². The van der Waals surface area contributed by atoms with E-state index in [1.165, 1.54) is 11.1 Å². The summed E-state index contributed by atoms with van der Waals surface area (Å²) in [5.41, 5.74) is 3.06. The van der Waals surface area contributed by atoms with Gasteiger partial charge in [0.15, 0.2) is 0 Å². The summed E-state index contributed by atoms with van der Waals surface area (Å²) >= 11 is 0. The molecule has 0 fully saturated rings. The average molecular weight is 176 g/mol. The van der Waals surface area contributed by atoms with Crippen LogP contribution in [0.3, 0.4) is 0 Å². The van der Waals surface area contributed by atoms with Crippen molar-refractivity contribution in [2.75, 3.05) is 0 Å². The number of aromatic nitrogens is 1. The second kappa shape index (κ2) is 3.60. The maximum atomic E-state index is 7.39. The summed E-state index contributed by atoms with van der Waals surface area (Å²) in [6, 6.07) is 0. The molecule has 2 N–H and O–H groups in total. The fourth-order valence-corrected chi connectivity index (χ4v) is 1.51. The lowest BCUT2D eigenvalue weighted by Gasteiger charge is -1.92. The Kier molecular flexibility index (Phi) is 2.71. The first-order valence-electron chi connectivity index (χ1n) is 4.49. The smallest absolute Gasteiger partial charge is 0.0437 e. The molecule has 0 unspecified atom stereocenters. The third-order valence-corrected chi connectivity index (χ3v) is 2.23. The molecular formula is C11H16N2. The maximum Gasteiger partial charge on any atom is 0.0437 e. The van der Waals surface area contributed by atoms with Crippen molar-refractivity contribution in [2.24, 2.45) is 0 Å². The van der Waals surface area contributed by atoms with Crippen molar-refractivity contribution >= 4 is 18.4 Å². The van der Waals surface area contributed by atoms with Crippen LogP contribution < -0.4 is 10.7 Å². The van der Waals surface area contributed by atoms with Crippen molar-refractivity contribution in [3.8, 4) is 0 Å². The van der Waals surface area contributed by atoms with Crippen LogP contribution in [0.4, 0.5) is 0 Å². The number of nitrogens with one attached hydrogen (secondary N) is 2. The summed E-state index contributed by atoms with van der Waals surface area (Å²) in [5.74, 6) is 0. The van der Waals surface area contributed by atoms with Gasteiger partial charge in [-0.1, -0.05) is 13.5 Å². The molecule has 0 aliphatic heterocycles. The number of H-pyrrole nitrogens is 1. The van der Waals surface area contributed by atoms with Crippen LogP contribution in [0.1, 0.15) is 25.0 Å². The van der Waals surface area contributed by atoms with Gasteiger partial charge in [0.05, 0.1) is 0 Å². The number of hydrogen-bond donors (Lipinski definition) is 2. The second-order valence-electron chi connectivity index (χ2n) is 3.30. The molecule has 0 aliphatic rings. The molecule has 0 aliphatic carbocycles. The van der Waals surface area contributed by atoms with Crippen LogP contribution in [0.2, 0.25) is 0 Å². The van der Waals surface area contributed by atoms with Crippen molar-refractivity contribution in [3.63, 3.8) is 0 Å². The standard InChI is InChI=1S/C11H16N2/c1-5-10-8(3)9(4)13-11(10)6-7(2)12/h6,12-13H,4-5H2,1-3H3/b11-6-,12-7?. The van der Waals surface area contributed by atoms with Gasteiger partial charge < -0.3 is 10.4 Å². The van der Waals surface area contributed by atoms with E-state index in [9.17, 15) is 0 Å². The SMILES string of the molecule is C=c1[nH]/c(=C\C(C)=N)c(CC)c1C. The van der Waals surface area contributed by atoms with Gasteiger partial charge in [-0.15, -0.1) is 0 Å². The van der Waals surface area contributed by atoms with Gasteiger partial charge in [-0.25, -0.2) is 0 Å². The minimum Gasteiger partial charge on any atom is -0.355 e. The molecule has 13 heavy (non-hydrogen) atoms. The normalized spacial score (nSPS) is 12.1. The fraction of sp³-hybridized carbons (Fsp3) is 0.364. The average Bonchev–Trinajstić information content (AvgIpc) is 2.27. The van der Waals surface area contributed by atoms with Gasteiger partial charge in [0.2, 0.25) is 0 Å². The Morgan fingerprint density at radius 2 is 2.23 bits per heavy atom. The van der Waals surface area contributed by atoms with Crippen LogP contribution in [0, 0.1) is 12.3 Å². The molecule has 1 aromatic heterocycles. The lowest BCUT2D eigenvalue weighted by Crippen LogP contribution is -2.12. The predicted molar refractivity (Wildman–Crippen MR) is 57.5 cm³/mol. The van der Waals surface area contributed by atoms with E-state index in [0.717, 1.165) is 17.1 Å². The first-order chi connectivity index (χ1) is 6.06. The zero-order valence-electron chi connectivity index (χ0n) is 8.49. The lowest BCUT2D eigenvalue weighted by molar-refractivity contribution is 1.10. The van der Waals surface area contributed by atoms with Crippen LogP contribution >= 0.6 is 0 Å². The minimum absolute atomic E-state index is 0.566. The summed E-state index contributed by atoms with van der Waals surface area (Å²) in [5, 5.41) is 9.39. The molecule has 0 spiro atoms. The molecule has 70 valence electrons. The van der Waals surface area contributed by atoms with Crippen LogP contribution in [-0.4, -0.2) is 10.7 Å². The van der Waals surface area contributed by atoms with E-state index in [-0.39, 0.29) is 0 Å². The molecule has 1 rings (SSSR count). The molecule has 0 aromatic carbocycles. The first-order valence-corrected chi connectivity index (χ1v) is 4.49. The summed E-state index contributed by atoms with van der Waals surface area (Å²) in [4.78, 5) is 3.19. The van der Waals surface area contributed by atoms with Gasteiger partial charge >= 0.3 is 0 Å². The Balaban J connectivity index is 3.47. The zero-order valence-corrected chi connectivity index (χ0v) is 8.49. The van der Waals surface area contributed by atoms with Crippen LogP contribution in [0.15, 0.2) is 0 Å². The van der Waals surface area contributed by atoms with E-state index < -0.39 is 0 Å². The molecule has 0 atom stereocenters. The molecule has 0 saturated heterocycles. The topological polar surface area (TPSA) is 39.6 Å². The Hall–Kier alpha value is -1.31. The van der Waals surface area contributed by atoms with E-state index in [2.05, 4.69) is 25.4 Å². The largest absolute Gasteiger partial charge is 0.355 e. The quantitative estimate of drug-likeness (QED) is 0.634. The predicted octanol–water partition coefficient (Wildman–Crippen LogP) is 1.12. The van der Waals surface area contributed by atoms with Gasteiger partial charge in [0, 0.05) is 16.4 Å². The highest BCUT2D eigenvalue weighted by Gasteiger charge is 2.01. The first kappa shape index (κ1) is 9.78. The highest BCUT2D eigenvalue weighted by Crippen LogP contribution is 1.95. The Morgan fingerprint density at radius 1 is 1.62 bits per heavy atom. The monoisotopic (exact) mass is 176 g/mol. The van der Waals surface area contributed by atoms with Crippen molar-refractivity contribution in [1.82, 2.24) is 4.98 Å². The third-order valence-electron chi connectivity index (χ3n) is 2.23. The highest BCUT2D eigenvalue weighted by atomic mass is 14.7. The summed E-state index contributed by atoms with van der Waals surface area (Å²) in [6.07, 6.45) is 2.83. The van der Waals surface area contributed by atoms with E-state index in [4.69, 9.17) is 5.41 Å². The number of hydrogen-bond acceptors (Lipinski definition) is 1. The summed E-state index contributed by atoms with van der Waals surface area (Å²) < 4.78 is 0. The van der Waals surface area contributed by atoms with Crippen LogP contribution in [0.25, 0.3) is 12.7 Å². The fourth-order valence-electron chi connectivity index (χ4n) is 1.51. The van der Waals surface area contributed by atoms with E-state index >= 15 is 0 Å². The highest BCUT2D eigenvalue weighted by molar-refractivity contribution is 6.06. The molecule has 1 heterocycles. The van der Waals surface area contributed by atoms with Crippen molar-refractivity contribution in [1.29, 1.82) is 5.41 Å². The van der Waals surface area contributed by atoms with E-state index in [1.807, 2.05) is 6.08 Å². The van der Waals surface area contributed by atoms with Crippen molar-refractivity contribution in [3.05, 3.63) is 21.8 Å². The van der Waals surface area contributed by atoms with E-state index in [0.29, 0.717) is 5.71 Å². The maximum absolute atomic E-state index is 7.39. The molecule has 0 amide bonds. The third kappa shape index (κ3) is 1.89. The van der Waals surface area contributed by atoms with Gasteiger partial charge in [0.25, 0.3) is 0 Å². The molecular weight excluding hydrogens is 160 g/mol. The van der Waals surface area contributed by atoms with Crippen molar-refractivity contribution < 1.29 is 0 Å². The minimum atomic E-state index is 0.566. The molecule has 0 bridgehead atoms. The van der Waals surface area contributed by atoms with Gasteiger partial charge in [0.1, 0.15) is 0 Å². The number of aromatic amines is 1. The Morgan fingerprint density at radius 3 is 2.69 bits per heavy atom. The zero-order chi connectivity index (χ0) is 10.0. The lowest BCUT2D eigenvalue weighted by atomic mass is 10.1. The van der Waals surface area contributed by atoms with E-state index in [1.54, 1.807) is 6.92 Å². The second-order valence-corrected chi connectivity index (χ2v) is 3.30.